The number of hydrogen-bond donors (Lipinski definition) is 0. The van der Waals surface area contributed by atoms with Crippen molar-refractivity contribution in [3.63, 3.8) is 0 Å². The summed E-state index contributed by atoms with van der Waals surface area (Å²) in [6.07, 6.45) is 0. The van der Waals surface area contributed by atoms with Crippen LogP contribution in [0.2, 0.25) is 0 Å². The Morgan fingerprint density at radius 3 is 1.43 bits per heavy atom. The Balaban J connectivity index is 2.74. The fourth-order valence-corrected chi connectivity index (χ4v) is 2.30. The van der Waals surface area contributed by atoms with Gasteiger partial charge in [-0.05, 0) is 0 Å². The number of esters is 2. The van der Waals surface area contributed by atoms with Crippen LogP contribution in [0.25, 0.3) is 0 Å². The molecule has 0 amide bonds. The minimum Gasteiger partial charge on any atom is -0.469 e. The van der Waals surface area contributed by atoms with Gasteiger partial charge >= 0.3 is 11.9 Å². The van der Waals surface area contributed by atoms with Crippen LogP contribution in [0.5, 0.6) is 0 Å². The Bertz CT molecular complexity index is 230. The fourth-order valence-electron chi connectivity index (χ4n) is 1.47. The van der Waals surface area contributed by atoms with E-state index in [2.05, 4.69) is 9.47 Å². The lowest BCUT2D eigenvalue weighted by molar-refractivity contribution is -0.163. The third kappa shape index (κ3) is 1.68. The van der Waals surface area contributed by atoms with Gasteiger partial charge in [-0.2, -0.15) is 0 Å². The van der Waals surface area contributed by atoms with E-state index < -0.39 is 34.5 Å². The molecule has 0 saturated heterocycles. The summed E-state index contributed by atoms with van der Waals surface area (Å²) in [5.41, 5.74) is 0. The second-order valence-corrected chi connectivity index (χ2v) is 3.99. The minimum absolute atomic E-state index is 0.530. The van der Waals surface area contributed by atoms with E-state index in [1.54, 1.807) is 0 Å². The van der Waals surface area contributed by atoms with Crippen LogP contribution in [0.15, 0.2) is 0 Å². The van der Waals surface area contributed by atoms with Crippen molar-refractivity contribution in [2.45, 2.75) is 10.8 Å². The number of rotatable bonds is 2. The van der Waals surface area contributed by atoms with Crippen molar-refractivity contribution < 1.29 is 19.1 Å². The normalized spacial score (nSPS) is 35.7. The van der Waals surface area contributed by atoms with Gasteiger partial charge in [-0.3, -0.25) is 9.59 Å². The molecule has 0 aromatic carbocycles. The van der Waals surface area contributed by atoms with Crippen LogP contribution in [0.3, 0.4) is 0 Å². The molecule has 0 heterocycles. The van der Waals surface area contributed by atoms with E-state index in [1.807, 2.05) is 0 Å². The van der Waals surface area contributed by atoms with E-state index in [0.717, 1.165) is 0 Å². The zero-order chi connectivity index (χ0) is 10.9. The van der Waals surface area contributed by atoms with Crippen molar-refractivity contribution in [3.8, 4) is 0 Å². The van der Waals surface area contributed by atoms with E-state index in [-0.39, 0.29) is 0 Å². The zero-order valence-electron chi connectivity index (χ0n) is 7.70. The molecule has 1 saturated carbocycles. The van der Waals surface area contributed by atoms with Crippen molar-refractivity contribution >= 4 is 35.1 Å². The Morgan fingerprint density at radius 1 is 0.929 bits per heavy atom. The summed E-state index contributed by atoms with van der Waals surface area (Å²) in [6, 6.07) is 0. The molecule has 0 N–H and O–H groups in total. The molecule has 0 aromatic rings. The first kappa shape index (κ1) is 11.6. The van der Waals surface area contributed by atoms with Crippen LogP contribution in [-0.4, -0.2) is 36.9 Å². The lowest BCUT2D eigenvalue weighted by Crippen LogP contribution is -2.57. The van der Waals surface area contributed by atoms with Gasteiger partial charge in [0.05, 0.1) is 36.8 Å². The number of alkyl halides is 2. The van der Waals surface area contributed by atoms with Gasteiger partial charge in [0.1, 0.15) is 0 Å². The summed E-state index contributed by atoms with van der Waals surface area (Å²) in [7, 11) is 2.48. The molecule has 0 aromatic heterocycles. The van der Waals surface area contributed by atoms with Crippen LogP contribution in [0, 0.1) is 11.8 Å². The molecule has 4 nitrogen and oxygen atoms in total. The SMILES string of the molecule is COC(=O)C1C(Cl)C(Cl)C1C(=O)OC. The number of ether oxygens (including phenoxy) is 2. The van der Waals surface area contributed by atoms with E-state index >= 15 is 0 Å². The van der Waals surface area contributed by atoms with Gasteiger partial charge in [0.2, 0.25) is 0 Å². The molecule has 1 rings (SSSR count). The standard InChI is InChI=1S/C8H10Cl2O4/c1-13-7(11)3-4(8(12)14-2)6(10)5(3)9/h3-6H,1-2H3. The fraction of sp³-hybridized carbons (Fsp3) is 0.750. The number of halogens is 2. The van der Waals surface area contributed by atoms with E-state index in [4.69, 9.17) is 23.2 Å². The van der Waals surface area contributed by atoms with E-state index in [1.165, 1.54) is 14.2 Å². The van der Waals surface area contributed by atoms with Gasteiger partial charge in [-0.1, -0.05) is 0 Å². The number of carbonyl (C=O) groups is 2. The molecule has 1 fully saturated rings. The van der Waals surface area contributed by atoms with Crippen molar-refractivity contribution in [2.24, 2.45) is 11.8 Å². The summed E-state index contributed by atoms with van der Waals surface area (Å²) in [5, 5.41) is -1.15. The van der Waals surface area contributed by atoms with Gasteiger partial charge < -0.3 is 9.47 Å². The molecule has 80 valence electrons. The van der Waals surface area contributed by atoms with Crippen LogP contribution >= 0.6 is 23.2 Å². The second-order valence-electron chi connectivity index (χ2n) is 2.99. The number of methoxy groups -OCH3 is 2. The summed E-state index contributed by atoms with van der Waals surface area (Å²) in [4.78, 5) is 22.4. The van der Waals surface area contributed by atoms with Gasteiger partial charge in [-0.25, -0.2) is 0 Å². The highest BCUT2D eigenvalue weighted by Gasteiger charge is 2.57. The maximum absolute atomic E-state index is 11.2. The van der Waals surface area contributed by atoms with Crippen LogP contribution in [-0.2, 0) is 19.1 Å². The predicted octanol–water partition coefficient (Wildman–Crippen LogP) is 0.793. The Morgan fingerprint density at radius 2 is 1.21 bits per heavy atom. The maximum Gasteiger partial charge on any atom is 0.311 e. The molecule has 0 spiro atoms. The molecule has 6 heteroatoms. The molecule has 1 aliphatic rings. The average Bonchev–Trinajstić information content (AvgIpc) is 2.22. The Kier molecular flexibility index (Phi) is 3.61. The molecule has 0 aliphatic heterocycles. The second kappa shape index (κ2) is 4.36. The quantitative estimate of drug-likeness (QED) is 0.529. The topological polar surface area (TPSA) is 52.6 Å². The van der Waals surface area contributed by atoms with Crippen molar-refractivity contribution in [1.29, 1.82) is 0 Å². The van der Waals surface area contributed by atoms with Gasteiger partial charge in [0, 0.05) is 0 Å². The number of carbonyl (C=O) groups excluding carboxylic acids is 2. The summed E-state index contributed by atoms with van der Waals surface area (Å²) >= 11 is 11.6. The first-order valence-corrected chi connectivity index (χ1v) is 4.85. The monoisotopic (exact) mass is 240 g/mol. The summed E-state index contributed by atoms with van der Waals surface area (Å²) in [5.74, 6) is -2.46. The lowest BCUT2D eigenvalue weighted by atomic mass is 9.72. The summed E-state index contributed by atoms with van der Waals surface area (Å²) < 4.78 is 9.02. The molecular formula is C8H10Cl2O4. The van der Waals surface area contributed by atoms with Gasteiger partial charge in [-0.15, -0.1) is 23.2 Å². The largest absolute Gasteiger partial charge is 0.469 e. The smallest absolute Gasteiger partial charge is 0.311 e. The molecule has 0 bridgehead atoms. The van der Waals surface area contributed by atoms with Gasteiger partial charge in [0.25, 0.3) is 0 Å². The first-order valence-electron chi connectivity index (χ1n) is 3.98. The maximum atomic E-state index is 11.2. The molecule has 4 atom stereocenters. The van der Waals surface area contributed by atoms with Gasteiger partial charge in [0.15, 0.2) is 0 Å². The summed E-state index contributed by atoms with van der Waals surface area (Å²) in [6.45, 7) is 0. The highest BCUT2D eigenvalue weighted by Crippen LogP contribution is 2.44. The van der Waals surface area contributed by atoms with Crippen LogP contribution in [0.4, 0.5) is 0 Å². The molecule has 0 radical (unpaired) electrons. The highest BCUT2D eigenvalue weighted by molar-refractivity contribution is 6.34. The Hall–Kier alpha value is -0.480. The van der Waals surface area contributed by atoms with Crippen molar-refractivity contribution in [2.75, 3.05) is 14.2 Å². The third-order valence-corrected chi connectivity index (χ3v) is 3.54. The first-order chi connectivity index (χ1) is 6.54. The number of hydrogen-bond acceptors (Lipinski definition) is 4. The average molecular weight is 241 g/mol. The Labute approximate surface area is 91.4 Å². The zero-order valence-corrected chi connectivity index (χ0v) is 9.21. The van der Waals surface area contributed by atoms with E-state index in [9.17, 15) is 9.59 Å². The van der Waals surface area contributed by atoms with E-state index in [0.29, 0.717) is 0 Å². The van der Waals surface area contributed by atoms with Crippen molar-refractivity contribution in [1.82, 2.24) is 0 Å². The minimum atomic E-state index is -0.698. The third-order valence-electron chi connectivity index (χ3n) is 2.32. The molecule has 4 unspecified atom stereocenters. The molecular weight excluding hydrogens is 231 g/mol. The van der Waals surface area contributed by atoms with Crippen LogP contribution in [0.1, 0.15) is 0 Å². The van der Waals surface area contributed by atoms with Crippen molar-refractivity contribution in [3.05, 3.63) is 0 Å². The molecule has 14 heavy (non-hydrogen) atoms. The predicted molar refractivity (Wildman–Crippen MR) is 50.3 cm³/mol. The lowest BCUT2D eigenvalue weighted by Gasteiger charge is -2.41. The molecule has 1 aliphatic carbocycles. The van der Waals surface area contributed by atoms with Crippen LogP contribution < -0.4 is 0 Å². The highest BCUT2D eigenvalue weighted by atomic mass is 35.5.